The highest BCUT2D eigenvalue weighted by Crippen LogP contribution is 2.12. The number of alkyl halides is 4. The number of amides is 2. The third-order valence-corrected chi connectivity index (χ3v) is 9.08. The van der Waals surface area contributed by atoms with Crippen LogP contribution in [-0.4, -0.2) is 209 Å². The molecule has 2 aromatic rings. The summed E-state index contributed by atoms with van der Waals surface area (Å²) < 4.78 is 82.3. The molecule has 6 rings (SSSR count). The van der Waals surface area contributed by atoms with E-state index in [1.807, 2.05) is 60.7 Å². The average Bonchev–Trinajstić information content (AvgIpc) is 3.28. The third kappa shape index (κ3) is 25.7. The average molecular weight is 929 g/mol. The number of β-amino-alcohol motifs (C(OH)–C–C–N with tert-alkyl or cyclic N) is 2. The molecule has 7 N–H and O–H groups in total. The van der Waals surface area contributed by atoms with Crippen molar-refractivity contribution in [1.29, 1.82) is 0 Å². The van der Waals surface area contributed by atoms with E-state index >= 15 is 0 Å². The minimum atomic E-state index is -1.53. The van der Waals surface area contributed by atoms with Gasteiger partial charge in [0.25, 0.3) is 0 Å². The predicted molar refractivity (Wildman–Crippen MR) is 231 cm³/mol. The normalized spacial score (nSPS) is 26.4. The molecule has 64 heavy (non-hydrogen) atoms. The van der Waals surface area contributed by atoms with Crippen LogP contribution in [0.1, 0.15) is 26.0 Å². The number of hydrogen-bond acceptors (Lipinski definition) is 15. The number of aliphatic hydroxyl groups is 5. The Labute approximate surface area is 374 Å². The molecule has 2 aromatic carbocycles. The van der Waals surface area contributed by atoms with Gasteiger partial charge < -0.3 is 74.4 Å². The van der Waals surface area contributed by atoms with E-state index in [1.54, 1.807) is 0 Å². The highest BCUT2D eigenvalue weighted by Gasteiger charge is 2.29. The Kier molecular flexibility index (Phi) is 34.3. The number of hydrogen-bond donors (Lipinski definition) is 7. The van der Waals surface area contributed by atoms with Crippen LogP contribution in [0.25, 0.3) is 0 Å². The molecule has 0 saturated carbocycles. The van der Waals surface area contributed by atoms with E-state index in [2.05, 4.69) is 10.6 Å². The van der Waals surface area contributed by atoms with E-state index < -0.39 is 61.3 Å². The maximum absolute atomic E-state index is 13.6. The molecule has 2 amide bonds. The fraction of sp³-hybridized carbons (Fsp3) is 0.674. The highest BCUT2D eigenvalue weighted by atomic mass is 19.1. The molecule has 8 atom stereocenters. The van der Waals surface area contributed by atoms with Crippen LogP contribution in [0.2, 0.25) is 0 Å². The van der Waals surface area contributed by atoms with Crippen molar-refractivity contribution < 1.29 is 81.1 Å². The molecular weight excluding hydrogens is 856 g/mol. The molecule has 0 aromatic heterocycles. The van der Waals surface area contributed by atoms with E-state index in [9.17, 15) is 37.4 Å². The van der Waals surface area contributed by atoms with Gasteiger partial charge >= 0.3 is 12.2 Å². The summed E-state index contributed by atoms with van der Waals surface area (Å²) in [5.74, 6) is 0. The maximum atomic E-state index is 13.6. The lowest BCUT2D eigenvalue weighted by molar-refractivity contribution is -0.0412. The zero-order chi connectivity index (χ0) is 45.5. The summed E-state index contributed by atoms with van der Waals surface area (Å²) in [6.45, 7) is 3.92. The summed E-state index contributed by atoms with van der Waals surface area (Å²) >= 11 is 0. The molecule has 21 heteroatoms. The van der Waals surface area contributed by atoms with Crippen molar-refractivity contribution in [2.24, 2.45) is 0 Å². The quantitative estimate of drug-likeness (QED) is 0.219. The van der Waals surface area contributed by atoms with Crippen LogP contribution in [0.15, 0.2) is 60.7 Å². The van der Waals surface area contributed by atoms with Gasteiger partial charge in [0.15, 0.2) is 12.3 Å². The van der Waals surface area contributed by atoms with Gasteiger partial charge in [-0.3, -0.25) is 0 Å². The molecule has 4 aliphatic rings. The van der Waals surface area contributed by atoms with Gasteiger partial charge in [0.1, 0.15) is 43.9 Å². The van der Waals surface area contributed by atoms with Crippen molar-refractivity contribution in [3.05, 3.63) is 71.8 Å². The van der Waals surface area contributed by atoms with Crippen molar-refractivity contribution >= 4 is 12.2 Å². The van der Waals surface area contributed by atoms with Crippen LogP contribution in [0.3, 0.4) is 0 Å². The molecule has 4 aliphatic heterocycles. The van der Waals surface area contributed by atoms with Crippen LogP contribution in [0.4, 0.5) is 27.2 Å². The fourth-order valence-electron chi connectivity index (χ4n) is 5.43. The second-order valence-corrected chi connectivity index (χ2v) is 14.0. The Bertz CT molecular complexity index is 1310. The summed E-state index contributed by atoms with van der Waals surface area (Å²) in [6, 6.07) is 18.5. The Morgan fingerprint density at radius 1 is 0.562 bits per heavy atom. The molecule has 0 bridgehead atoms. The van der Waals surface area contributed by atoms with Crippen molar-refractivity contribution in [2.45, 2.75) is 77.2 Å². The first-order valence-corrected chi connectivity index (χ1v) is 20.3. The number of nitrogens with one attached hydrogen (secondary N) is 2. The van der Waals surface area contributed by atoms with Gasteiger partial charge in [0.2, 0.25) is 0 Å². The summed E-state index contributed by atoms with van der Waals surface area (Å²) in [5, 5.41) is 49.6. The van der Waals surface area contributed by atoms with E-state index in [-0.39, 0.29) is 100 Å². The highest BCUT2D eigenvalue weighted by molar-refractivity contribution is 5.68. The number of halogens is 4. The number of nitrogens with zero attached hydrogens (tertiary/aromatic N) is 2. The third-order valence-electron chi connectivity index (χ3n) is 9.08. The Morgan fingerprint density at radius 3 is 1.48 bits per heavy atom. The first kappa shape index (κ1) is 60.3. The van der Waals surface area contributed by atoms with E-state index in [1.165, 1.54) is 9.80 Å². The van der Waals surface area contributed by atoms with Crippen LogP contribution in [0, 0.1) is 0 Å². The summed E-state index contributed by atoms with van der Waals surface area (Å²) in [7, 11) is 1.00. The second kappa shape index (κ2) is 36.5. The minimum absolute atomic E-state index is 0. The molecule has 4 saturated heterocycles. The number of carbonyl (C=O) groups is 2. The molecule has 0 unspecified atom stereocenters. The van der Waals surface area contributed by atoms with Gasteiger partial charge in [-0.2, -0.15) is 0 Å². The van der Waals surface area contributed by atoms with Gasteiger partial charge in [-0.05, 0) is 11.1 Å². The van der Waals surface area contributed by atoms with E-state index in [4.69, 9.17) is 43.7 Å². The lowest BCUT2D eigenvalue weighted by Crippen LogP contribution is -2.46. The fourth-order valence-corrected chi connectivity index (χ4v) is 5.43. The van der Waals surface area contributed by atoms with Crippen molar-refractivity contribution in [3.63, 3.8) is 0 Å². The maximum Gasteiger partial charge on any atom is 0.410 e. The van der Waals surface area contributed by atoms with Crippen molar-refractivity contribution in [3.8, 4) is 0 Å². The SMILES string of the molecule is C.C.CO.O=C(OCc1ccccc1)N1CCOC[C@H](F)[C@@H](O)C1.O=C(OCc1ccccc1)N1CCOC[C@H](O)[C@@H](F)C1.O[C@H]1CNCCOC[C@@H]1F.O[C@H]1COCCNC[C@@H]1F. The zero-order valence-corrected chi connectivity index (χ0v) is 35.0. The Morgan fingerprint density at radius 2 is 0.969 bits per heavy atom. The van der Waals surface area contributed by atoms with Gasteiger partial charge in [0, 0.05) is 46.4 Å². The standard InChI is InChI=1S/2C14H18FNO4.2C6H12FNO2.CH4O.2CH4/c15-12-10-19-7-6-16(8-13(12)17)14(18)20-9-11-4-2-1-3-5-11;15-12-8-16(6-7-19-10-13(12)17)14(18)20-9-11-4-2-1-3-5-11;7-5-4-10-2-1-8-3-6(5)9;7-5-3-8-1-2-10-4-6(5)9;1-2;;/h2*1-5,12-13,17H,6-10H2;2*5-6,8-9H,1-4H2;2H,1H3;2*1H4/t2*12-,13-;2*5-,6-;;;/m0000.../s1. The van der Waals surface area contributed by atoms with E-state index in [0.29, 0.717) is 32.8 Å². The lowest BCUT2D eigenvalue weighted by Gasteiger charge is -2.28. The number of aliphatic hydroxyl groups excluding tert-OH is 5. The largest absolute Gasteiger partial charge is 0.445 e. The van der Waals surface area contributed by atoms with Gasteiger partial charge in [-0.1, -0.05) is 75.5 Å². The second-order valence-electron chi connectivity index (χ2n) is 14.0. The summed E-state index contributed by atoms with van der Waals surface area (Å²) in [5.41, 5.74) is 1.73. The van der Waals surface area contributed by atoms with Gasteiger partial charge in [0.05, 0.1) is 72.0 Å². The first-order chi connectivity index (χ1) is 29.9. The van der Waals surface area contributed by atoms with Crippen LogP contribution in [-0.2, 0) is 41.6 Å². The number of carbonyl (C=O) groups excluding carboxylic acids is 2. The molecule has 4 heterocycles. The number of rotatable bonds is 4. The molecule has 0 spiro atoms. The van der Waals surface area contributed by atoms with Crippen LogP contribution in [0.5, 0.6) is 0 Å². The topological polar surface area (TPSA) is 221 Å². The molecule has 0 aliphatic carbocycles. The van der Waals surface area contributed by atoms with Crippen LogP contribution < -0.4 is 10.6 Å². The molecular formula is C43H72F4N4O13. The zero-order valence-electron chi connectivity index (χ0n) is 35.0. The van der Waals surface area contributed by atoms with Gasteiger partial charge in [-0.25, -0.2) is 27.2 Å². The number of benzene rings is 2. The molecule has 370 valence electrons. The lowest BCUT2D eigenvalue weighted by atomic mass is 10.2. The Hall–Kier alpha value is -3.74. The van der Waals surface area contributed by atoms with Crippen molar-refractivity contribution in [1.82, 2.24) is 20.4 Å². The Balaban J connectivity index is 0.000000845. The molecule has 0 radical (unpaired) electrons. The number of ether oxygens (including phenoxy) is 6. The molecule has 4 fully saturated rings. The van der Waals surface area contributed by atoms with Gasteiger partial charge in [-0.15, -0.1) is 0 Å². The van der Waals surface area contributed by atoms with Crippen LogP contribution >= 0.6 is 0 Å². The monoisotopic (exact) mass is 929 g/mol. The minimum Gasteiger partial charge on any atom is -0.445 e. The molecule has 17 nitrogen and oxygen atoms in total. The summed E-state index contributed by atoms with van der Waals surface area (Å²) in [6.07, 6.45) is -11.0. The smallest absolute Gasteiger partial charge is 0.410 e. The summed E-state index contributed by atoms with van der Waals surface area (Å²) in [4.78, 5) is 26.3. The van der Waals surface area contributed by atoms with Crippen molar-refractivity contribution in [2.75, 3.05) is 112 Å². The predicted octanol–water partition coefficient (Wildman–Crippen LogP) is 2.20. The van der Waals surface area contributed by atoms with E-state index in [0.717, 1.165) is 18.2 Å². The first-order valence-electron chi connectivity index (χ1n) is 20.3.